The van der Waals surface area contributed by atoms with Crippen LogP contribution < -0.4 is 10.2 Å². The highest BCUT2D eigenvalue weighted by molar-refractivity contribution is 6.02. The van der Waals surface area contributed by atoms with Crippen molar-refractivity contribution in [1.29, 1.82) is 0 Å². The molecule has 1 aromatic rings. The predicted octanol–water partition coefficient (Wildman–Crippen LogP) is 2.30. The smallest absolute Gasteiger partial charge is 0.257 e. The summed E-state index contributed by atoms with van der Waals surface area (Å²) in [7, 11) is 0. The van der Waals surface area contributed by atoms with Crippen molar-refractivity contribution < 1.29 is 9.90 Å². The van der Waals surface area contributed by atoms with Crippen molar-refractivity contribution in [3.05, 3.63) is 23.8 Å². The van der Waals surface area contributed by atoms with Gasteiger partial charge in [-0.05, 0) is 32.4 Å². The molecule has 0 radical (unpaired) electrons. The topological polar surface area (TPSA) is 52.6 Å². The van der Waals surface area contributed by atoms with Gasteiger partial charge in [-0.3, -0.25) is 4.79 Å². The van der Waals surface area contributed by atoms with Crippen LogP contribution in [-0.4, -0.2) is 23.6 Å². The number of rotatable bonds is 4. The van der Waals surface area contributed by atoms with Crippen molar-refractivity contribution in [3.8, 4) is 0 Å². The summed E-state index contributed by atoms with van der Waals surface area (Å²) in [5, 5.41) is 12.4. The van der Waals surface area contributed by atoms with E-state index in [4.69, 9.17) is 0 Å². The first-order valence-electron chi connectivity index (χ1n) is 6.48. The van der Waals surface area contributed by atoms with Gasteiger partial charge in [0.1, 0.15) is 0 Å². The van der Waals surface area contributed by atoms with Gasteiger partial charge in [0.2, 0.25) is 0 Å². The van der Waals surface area contributed by atoms with Crippen molar-refractivity contribution in [2.45, 2.75) is 39.3 Å². The van der Waals surface area contributed by atoms with E-state index in [0.717, 1.165) is 24.3 Å². The van der Waals surface area contributed by atoms with Crippen molar-refractivity contribution in [3.63, 3.8) is 0 Å². The van der Waals surface area contributed by atoms with Crippen molar-refractivity contribution >= 4 is 17.3 Å². The molecule has 2 rings (SSSR count). The second-order valence-corrected chi connectivity index (χ2v) is 4.71. The van der Waals surface area contributed by atoms with Crippen molar-refractivity contribution in [2.75, 3.05) is 16.8 Å². The number of benzene rings is 1. The van der Waals surface area contributed by atoms with Crippen molar-refractivity contribution in [2.24, 2.45) is 0 Å². The van der Waals surface area contributed by atoms with Gasteiger partial charge in [0.15, 0.2) is 6.10 Å². The molecule has 18 heavy (non-hydrogen) atoms. The number of hydrogen-bond donors (Lipinski definition) is 2. The van der Waals surface area contributed by atoms with Crippen LogP contribution in [0.2, 0.25) is 0 Å². The van der Waals surface area contributed by atoms with Crippen LogP contribution in [0.3, 0.4) is 0 Å². The molecule has 0 fully saturated rings. The molecule has 1 aliphatic heterocycles. The zero-order chi connectivity index (χ0) is 13.3. The number of carbonyl (C=O) groups is 1. The van der Waals surface area contributed by atoms with E-state index in [0.29, 0.717) is 11.6 Å². The Morgan fingerprint density at radius 2 is 2.17 bits per heavy atom. The Morgan fingerprint density at radius 1 is 1.44 bits per heavy atom. The van der Waals surface area contributed by atoms with Gasteiger partial charge < -0.3 is 15.3 Å². The van der Waals surface area contributed by atoms with E-state index in [2.05, 4.69) is 31.0 Å². The summed E-state index contributed by atoms with van der Waals surface area (Å²) >= 11 is 0. The van der Waals surface area contributed by atoms with Gasteiger partial charge in [-0.25, -0.2) is 0 Å². The summed E-state index contributed by atoms with van der Waals surface area (Å²) in [5.41, 5.74) is 2.48. The van der Waals surface area contributed by atoms with Gasteiger partial charge in [0.05, 0.1) is 0 Å². The Morgan fingerprint density at radius 3 is 2.78 bits per heavy atom. The molecule has 1 heterocycles. The fraction of sp³-hybridized carbons (Fsp3) is 0.500. The Kier molecular flexibility index (Phi) is 3.57. The van der Waals surface area contributed by atoms with Crippen LogP contribution in [0.4, 0.5) is 11.4 Å². The van der Waals surface area contributed by atoms with E-state index in [1.165, 1.54) is 0 Å². The minimum absolute atomic E-state index is 0.339. The van der Waals surface area contributed by atoms with Crippen LogP contribution in [0.5, 0.6) is 0 Å². The molecule has 0 aliphatic carbocycles. The molecule has 4 nitrogen and oxygen atoms in total. The Balaban J connectivity index is 2.32. The predicted molar refractivity (Wildman–Crippen MR) is 72.8 cm³/mol. The minimum atomic E-state index is -1.02. The molecule has 2 atom stereocenters. The summed E-state index contributed by atoms with van der Waals surface area (Å²) < 4.78 is 0. The molecule has 0 saturated carbocycles. The number of carbonyl (C=O) groups excluding carboxylic acids is 1. The van der Waals surface area contributed by atoms with E-state index < -0.39 is 6.10 Å². The van der Waals surface area contributed by atoms with Crippen LogP contribution in [0.25, 0.3) is 0 Å². The second-order valence-electron chi connectivity index (χ2n) is 4.71. The lowest BCUT2D eigenvalue weighted by Crippen LogP contribution is -2.32. The molecule has 2 unspecified atom stereocenters. The molecule has 1 amide bonds. The van der Waals surface area contributed by atoms with Gasteiger partial charge >= 0.3 is 0 Å². The molecule has 2 N–H and O–H groups in total. The van der Waals surface area contributed by atoms with Gasteiger partial charge in [-0.1, -0.05) is 13.0 Å². The summed E-state index contributed by atoms with van der Waals surface area (Å²) in [4.78, 5) is 13.7. The zero-order valence-electron chi connectivity index (χ0n) is 11.1. The van der Waals surface area contributed by atoms with E-state index in [-0.39, 0.29) is 5.91 Å². The molecular weight excluding hydrogens is 228 g/mol. The molecule has 1 aromatic carbocycles. The number of aliphatic hydroxyl groups excluding tert-OH is 1. The molecule has 0 saturated heterocycles. The maximum Gasteiger partial charge on any atom is 0.257 e. The number of anilines is 2. The van der Waals surface area contributed by atoms with E-state index in [1.54, 1.807) is 0 Å². The molecule has 0 bridgehead atoms. The first-order valence-corrected chi connectivity index (χ1v) is 6.48. The highest BCUT2D eigenvalue weighted by atomic mass is 16.3. The van der Waals surface area contributed by atoms with Gasteiger partial charge in [0, 0.05) is 29.5 Å². The largest absolute Gasteiger partial charge is 0.378 e. The number of nitrogens with one attached hydrogen (secondary N) is 1. The third-order valence-corrected chi connectivity index (χ3v) is 3.63. The highest BCUT2D eigenvalue weighted by Crippen LogP contribution is 2.34. The van der Waals surface area contributed by atoms with E-state index >= 15 is 0 Å². The number of aliphatic hydroxyl groups is 1. The highest BCUT2D eigenvalue weighted by Gasteiger charge is 2.28. The second kappa shape index (κ2) is 4.98. The quantitative estimate of drug-likeness (QED) is 0.859. The maximum absolute atomic E-state index is 11.4. The minimum Gasteiger partial charge on any atom is -0.378 e. The average molecular weight is 248 g/mol. The lowest BCUT2D eigenvalue weighted by Gasteiger charge is -2.29. The summed E-state index contributed by atoms with van der Waals surface area (Å²) in [5.74, 6) is -0.339. The SMILES string of the molecule is CCC(C)N(CC)c1ccc2c(c1)NC(=O)C2O. The molecule has 98 valence electrons. The first kappa shape index (κ1) is 12.9. The number of amides is 1. The summed E-state index contributed by atoms with van der Waals surface area (Å²) in [6, 6.07) is 6.20. The van der Waals surface area contributed by atoms with Gasteiger partial charge in [-0.2, -0.15) is 0 Å². The molecule has 0 aromatic heterocycles. The van der Waals surface area contributed by atoms with Gasteiger partial charge in [-0.15, -0.1) is 0 Å². The average Bonchev–Trinajstić information content (AvgIpc) is 2.65. The number of fused-ring (bicyclic) bond motifs is 1. The molecule has 1 aliphatic rings. The number of nitrogens with zero attached hydrogens (tertiary/aromatic N) is 1. The zero-order valence-corrected chi connectivity index (χ0v) is 11.1. The van der Waals surface area contributed by atoms with Crippen LogP contribution >= 0.6 is 0 Å². The van der Waals surface area contributed by atoms with Crippen LogP contribution in [0.1, 0.15) is 38.9 Å². The Bertz CT molecular complexity index is 459. The lowest BCUT2D eigenvalue weighted by atomic mass is 10.1. The fourth-order valence-corrected chi connectivity index (χ4v) is 2.38. The number of hydrogen-bond acceptors (Lipinski definition) is 3. The van der Waals surface area contributed by atoms with Crippen LogP contribution in [-0.2, 0) is 4.79 Å². The monoisotopic (exact) mass is 248 g/mol. The normalized spacial score (nSPS) is 19.3. The van der Waals surface area contributed by atoms with Crippen LogP contribution in [0, 0.1) is 0 Å². The van der Waals surface area contributed by atoms with Crippen LogP contribution in [0.15, 0.2) is 18.2 Å². The third-order valence-electron chi connectivity index (χ3n) is 3.63. The van der Waals surface area contributed by atoms with Gasteiger partial charge in [0.25, 0.3) is 5.91 Å². The summed E-state index contributed by atoms with van der Waals surface area (Å²) in [6.07, 6.45) is 0.0487. The molecular formula is C14H20N2O2. The molecule has 0 spiro atoms. The Hall–Kier alpha value is -1.55. The standard InChI is InChI=1S/C14H20N2O2/c1-4-9(3)16(5-2)10-6-7-11-12(8-10)15-14(18)13(11)17/h6-9,13,17H,4-5H2,1-3H3,(H,15,18). The maximum atomic E-state index is 11.4. The first-order chi connectivity index (χ1) is 8.58. The Labute approximate surface area is 108 Å². The third kappa shape index (κ3) is 2.08. The summed E-state index contributed by atoms with van der Waals surface area (Å²) in [6.45, 7) is 7.38. The molecule has 4 heteroatoms. The van der Waals surface area contributed by atoms with Crippen molar-refractivity contribution in [1.82, 2.24) is 0 Å². The lowest BCUT2D eigenvalue weighted by molar-refractivity contribution is -0.123. The van der Waals surface area contributed by atoms with E-state index in [1.807, 2.05) is 18.2 Å². The fourth-order valence-electron chi connectivity index (χ4n) is 2.38. The van der Waals surface area contributed by atoms with E-state index in [9.17, 15) is 9.90 Å².